The number of hydrogen-bond donors (Lipinski definition) is 0. The van der Waals surface area contributed by atoms with Crippen LogP contribution >= 0.6 is 0 Å². The van der Waals surface area contributed by atoms with Crippen molar-refractivity contribution in [3.05, 3.63) is 42.0 Å². The lowest BCUT2D eigenvalue weighted by Gasteiger charge is -2.24. The van der Waals surface area contributed by atoms with Gasteiger partial charge in [-0.2, -0.15) is 5.26 Å². The zero-order valence-electron chi connectivity index (χ0n) is 11.0. The molecule has 0 atom stereocenters. The molecule has 18 heavy (non-hydrogen) atoms. The molecule has 0 aliphatic heterocycles. The molecule has 0 aromatic heterocycles. The van der Waals surface area contributed by atoms with E-state index in [-0.39, 0.29) is 0 Å². The Hall–Kier alpha value is -2.01. The third-order valence-corrected chi connectivity index (χ3v) is 3.24. The fourth-order valence-electron chi connectivity index (χ4n) is 2.38. The summed E-state index contributed by atoms with van der Waals surface area (Å²) in [6, 6.07) is 14.4. The van der Waals surface area contributed by atoms with Crippen LogP contribution < -0.4 is 4.90 Å². The molecule has 2 aromatic carbocycles. The number of rotatable bonds is 4. The Bertz CT molecular complexity index is 581. The first-order valence-electron chi connectivity index (χ1n) is 6.48. The van der Waals surface area contributed by atoms with Crippen molar-refractivity contribution < 1.29 is 0 Å². The van der Waals surface area contributed by atoms with Crippen molar-refractivity contribution >= 4 is 16.5 Å². The predicted octanol–water partition coefficient (Wildman–Crippen LogP) is 3.95. The van der Waals surface area contributed by atoms with Crippen LogP contribution in [0.2, 0.25) is 0 Å². The largest absolute Gasteiger partial charge is 0.371 e. The van der Waals surface area contributed by atoms with Crippen LogP contribution in [-0.2, 0) is 0 Å². The Morgan fingerprint density at radius 2 is 1.78 bits per heavy atom. The van der Waals surface area contributed by atoms with Crippen molar-refractivity contribution in [2.24, 2.45) is 0 Å². The lowest BCUT2D eigenvalue weighted by molar-refractivity contribution is 0.795. The van der Waals surface area contributed by atoms with Gasteiger partial charge in [0.2, 0.25) is 0 Å². The molecule has 0 unspecified atom stereocenters. The van der Waals surface area contributed by atoms with Gasteiger partial charge in [0.15, 0.2) is 0 Å². The summed E-state index contributed by atoms with van der Waals surface area (Å²) in [5.74, 6) is 0. The van der Waals surface area contributed by atoms with E-state index in [9.17, 15) is 0 Å². The monoisotopic (exact) mass is 238 g/mol. The average Bonchev–Trinajstić information content (AvgIpc) is 2.44. The van der Waals surface area contributed by atoms with Crippen LogP contribution in [0.1, 0.15) is 25.8 Å². The molecule has 0 radical (unpaired) electrons. The van der Waals surface area contributed by atoms with Crippen LogP contribution in [0.25, 0.3) is 10.8 Å². The number of nitriles is 1. The summed E-state index contributed by atoms with van der Waals surface area (Å²) >= 11 is 0. The molecule has 0 aliphatic carbocycles. The van der Waals surface area contributed by atoms with Gasteiger partial charge in [-0.1, -0.05) is 31.2 Å². The van der Waals surface area contributed by atoms with Crippen LogP contribution in [0.15, 0.2) is 36.4 Å². The molecule has 2 heteroatoms. The van der Waals surface area contributed by atoms with Gasteiger partial charge in [0.1, 0.15) is 0 Å². The molecule has 0 heterocycles. The number of anilines is 1. The fraction of sp³-hybridized carbons (Fsp3) is 0.312. The average molecular weight is 238 g/mol. The summed E-state index contributed by atoms with van der Waals surface area (Å²) in [5, 5.41) is 11.4. The highest BCUT2D eigenvalue weighted by Crippen LogP contribution is 2.29. The predicted molar refractivity (Wildman–Crippen MR) is 76.8 cm³/mol. The second-order valence-corrected chi connectivity index (χ2v) is 4.37. The fourth-order valence-corrected chi connectivity index (χ4v) is 2.38. The highest BCUT2D eigenvalue weighted by atomic mass is 15.1. The molecule has 2 aromatic rings. The second-order valence-electron chi connectivity index (χ2n) is 4.37. The van der Waals surface area contributed by atoms with Crippen molar-refractivity contribution in [3.63, 3.8) is 0 Å². The summed E-state index contributed by atoms with van der Waals surface area (Å²) < 4.78 is 0. The molecule has 0 saturated heterocycles. The molecule has 0 N–H and O–H groups in total. The van der Waals surface area contributed by atoms with E-state index in [0.29, 0.717) is 0 Å². The number of nitrogens with zero attached hydrogens (tertiary/aromatic N) is 2. The van der Waals surface area contributed by atoms with Crippen LogP contribution in [0, 0.1) is 11.3 Å². The van der Waals surface area contributed by atoms with Crippen molar-refractivity contribution in [1.82, 2.24) is 0 Å². The smallest absolute Gasteiger partial charge is 0.0998 e. The zero-order chi connectivity index (χ0) is 13.0. The highest BCUT2D eigenvalue weighted by Gasteiger charge is 2.09. The van der Waals surface area contributed by atoms with E-state index in [0.717, 1.165) is 30.5 Å². The normalized spacial score (nSPS) is 10.3. The van der Waals surface area contributed by atoms with E-state index in [2.05, 4.69) is 36.9 Å². The SMILES string of the molecule is CCCN(CC)c1ccc(C#N)c2ccccc12. The van der Waals surface area contributed by atoms with Gasteiger partial charge < -0.3 is 4.90 Å². The molecule has 0 aliphatic rings. The van der Waals surface area contributed by atoms with Crippen molar-refractivity contribution in [2.75, 3.05) is 18.0 Å². The van der Waals surface area contributed by atoms with Gasteiger partial charge in [0.25, 0.3) is 0 Å². The van der Waals surface area contributed by atoms with Gasteiger partial charge in [0, 0.05) is 29.5 Å². The molecule has 0 bridgehead atoms. The Labute approximate surface area is 108 Å². The van der Waals surface area contributed by atoms with Crippen LogP contribution in [0.4, 0.5) is 5.69 Å². The summed E-state index contributed by atoms with van der Waals surface area (Å²) in [7, 11) is 0. The van der Waals surface area contributed by atoms with Crippen molar-refractivity contribution in [1.29, 1.82) is 5.26 Å². The van der Waals surface area contributed by atoms with Gasteiger partial charge >= 0.3 is 0 Å². The van der Waals surface area contributed by atoms with E-state index in [1.807, 2.05) is 24.3 Å². The molecule has 0 fully saturated rings. The summed E-state index contributed by atoms with van der Waals surface area (Å²) in [4.78, 5) is 2.36. The Morgan fingerprint density at radius 1 is 1.06 bits per heavy atom. The first-order valence-corrected chi connectivity index (χ1v) is 6.48. The first-order chi connectivity index (χ1) is 8.81. The Balaban J connectivity index is 2.62. The molecule has 2 rings (SSSR count). The first kappa shape index (κ1) is 12.4. The van der Waals surface area contributed by atoms with E-state index in [4.69, 9.17) is 5.26 Å². The van der Waals surface area contributed by atoms with Gasteiger partial charge in [-0.05, 0) is 25.5 Å². The molecular weight excluding hydrogens is 220 g/mol. The third kappa shape index (κ3) is 2.17. The van der Waals surface area contributed by atoms with Gasteiger partial charge in [-0.25, -0.2) is 0 Å². The van der Waals surface area contributed by atoms with Gasteiger partial charge in [-0.15, -0.1) is 0 Å². The molecule has 0 spiro atoms. The van der Waals surface area contributed by atoms with Crippen LogP contribution in [0.3, 0.4) is 0 Å². The van der Waals surface area contributed by atoms with E-state index in [1.165, 1.54) is 11.1 Å². The van der Waals surface area contributed by atoms with E-state index in [1.54, 1.807) is 0 Å². The molecular formula is C16H18N2. The van der Waals surface area contributed by atoms with Crippen molar-refractivity contribution in [3.8, 4) is 6.07 Å². The lowest BCUT2D eigenvalue weighted by Crippen LogP contribution is -2.23. The number of benzene rings is 2. The summed E-state index contributed by atoms with van der Waals surface area (Å²) in [6.45, 7) is 6.40. The highest BCUT2D eigenvalue weighted by molar-refractivity contribution is 5.97. The molecule has 2 nitrogen and oxygen atoms in total. The minimum absolute atomic E-state index is 0.752. The van der Waals surface area contributed by atoms with Crippen molar-refractivity contribution in [2.45, 2.75) is 20.3 Å². The quantitative estimate of drug-likeness (QED) is 0.806. The molecule has 0 amide bonds. The number of fused-ring (bicyclic) bond motifs is 1. The van der Waals surface area contributed by atoms with Crippen LogP contribution in [0.5, 0.6) is 0 Å². The standard InChI is InChI=1S/C16H18N2/c1-3-11-18(4-2)16-10-9-13(12-17)14-7-5-6-8-15(14)16/h5-10H,3-4,11H2,1-2H3. The molecule has 0 saturated carbocycles. The minimum Gasteiger partial charge on any atom is -0.371 e. The zero-order valence-corrected chi connectivity index (χ0v) is 11.0. The maximum atomic E-state index is 9.16. The Morgan fingerprint density at radius 3 is 2.39 bits per heavy atom. The Kier molecular flexibility index (Phi) is 3.84. The van der Waals surface area contributed by atoms with E-state index < -0.39 is 0 Å². The lowest BCUT2D eigenvalue weighted by atomic mass is 10.0. The second kappa shape index (κ2) is 5.55. The maximum Gasteiger partial charge on any atom is 0.0998 e. The molecule has 92 valence electrons. The van der Waals surface area contributed by atoms with Gasteiger partial charge in [0.05, 0.1) is 11.6 Å². The van der Waals surface area contributed by atoms with E-state index >= 15 is 0 Å². The number of hydrogen-bond acceptors (Lipinski definition) is 2. The maximum absolute atomic E-state index is 9.16. The summed E-state index contributed by atoms with van der Waals surface area (Å²) in [6.07, 6.45) is 1.13. The minimum atomic E-state index is 0.752. The van der Waals surface area contributed by atoms with Crippen LogP contribution in [-0.4, -0.2) is 13.1 Å². The van der Waals surface area contributed by atoms with Gasteiger partial charge in [-0.3, -0.25) is 0 Å². The third-order valence-electron chi connectivity index (χ3n) is 3.24. The summed E-state index contributed by atoms with van der Waals surface area (Å²) in [5.41, 5.74) is 1.98. The topological polar surface area (TPSA) is 27.0 Å².